The van der Waals surface area contributed by atoms with Crippen molar-refractivity contribution in [3.63, 3.8) is 0 Å². The minimum atomic E-state index is 0.0271. The maximum Gasteiger partial charge on any atom is 0.105 e. The van der Waals surface area contributed by atoms with E-state index < -0.39 is 0 Å². The van der Waals surface area contributed by atoms with Crippen LogP contribution in [0.1, 0.15) is 42.9 Å². The quantitative estimate of drug-likeness (QED) is 0.628. The summed E-state index contributed by atoms with van der Waals surface area (Å²) in [6.07, 6.45) is 4.42. The van der Waals surface area contributed by atoms with E-state index in [2.05, 4.69) is 24.4 Å². The Balaban J connectivity index is 2.13. The predicted molar refractivity (Wildman–Crippen MR) is 69.8 cm³/mol. The number of furan rings is 1. The van der Waals surface area contributed by atoms with Crippen LogP contribution in [0.2, 0.25) is 0 Å². The molecule has 0 aliphatic heterocycles. The number of nitrogens with two attached hydrogens (primary N) is 1. The number of nitrogens with zero attached hydrogens (tertiary/aromatic N) is 2. The lowest BCUT2D eigenvalue weighted by atomic mass is 10.0. The molecule has 5 nitrogen and oxygen atoms in total. The Bertz CT molecular complexity index is 501. The van der Waals surface area contributed by atoms with Gasteiger partial charge in [-0.3, -0.25) is 16.0 Å². The topological polar surface area (TPSA) is 69.0 Å². The van der Waals surface area contributed by atoms with E-state index in [9.17, 15) is 0 Å². The Kier molecular flexibility index (Phi) is 3.84. The van der Waals surface area contributed by atoms with Gasteiger partial charge in [-0.2, -0.15) is 5.10 Å². The third-order valence-corrected chi connectivity index (χ3v) is 3.08. The van der Waals surface area contributed by atoms with Gasteiger partial charge in [0.2, 0.25) is 0 Å². The van der Waals surface area contributed by atoms with Crippen LogP contribution in [0.4, 0.5) is 0 Å². The standard InChI is InChI=1S/C13H20N4O/c1-9(2)17-6-4-11(16-17)8-13(15-14)12-5-7-18-10(12)3/h4-7,9,13,15H,8,14H2,1-3H3. The van der Waals surface area contributed by atoms with Crippen LogP contribution in [-0.4, -0.2) is 9.78 Å². The average Bonchev–Trinajstić information content (AvgIpc) is 2.95. The second-order valence-electron chi connectivity index (χ2n) is 4.74. The van der Waals surface area contributed by atoms with Gasteiger partial charge in [-0.25, -0.2) is 0 Å². The van der Waals surface area contributed by atoms with E-state index in [1.165, 1.54) is 0 Å². The zero-order chi connectivity index (χ0) is 13.1. The summed E-state index contributed by atoms with van der Waals surface area (Å²) >= 11 is 0. The molecular formula is C13H20N4O. The highest BCUT2D eigenvalue weighted by molar-refractivity contribution is 5.22. The molecule has 0 aliphatic carbocycles. The van der Waals surface area contributed by atoms with Crippen molar-refractivity contribution in [1.29, 1.82) is 0 Å². The number of hydrazine groups is 1. The van der Waals surface area contributed by atoms with Gasteiger partial charge in [-0.15, -0.1) is 0 Å². The number of nitrogens with one attached hydrogen (secondary N) is 1. The smallest absolute Gasteiger partial charge is 0.105 e. The molecule has 5 heteroatoms. The summed E-state index contributed by atoms with van der Waals surface area (Å²) in [5.41, 5.74) is 4.92. The molecule has 0 aliphatic rings. The van der Waals surface area contributed by atoms with Crippen molar-refractivity contribution in [3.8, 4) is 0 Å². The molecule has 0 bridgehead atoms. The number of rotatable bonds is 5. The first-order valence-corrected chi connectivity index (χ1v) is 6.16. The molecule has 0 radical (unpaired) electrons. The van der Waals surface area contributed by atoms with Gasteiger partial charge in [-0.1, -0.05) is 0 Å². The van der Waals surface area contributed by atoms with Crippen LogP contribution in [0, 0.1) is 6.92 Å². The van der Waals surface area contributed by atoms with Crippen LogP contribution in [-0.2, 0) is 6.42 Å². The summed E-state index contributed by atoms with van der Waals surface area (Å²) in [5, 5.41) is 4.53. The molecule has 0 saturated carbocycles. The average molecular weight is 248 g/mol. The molecular weight excluding hydrogens is 228 g/mol. The third kappa shape index (κ3) is 2.63. The molecule has 2 heterocycles. The van der Waals surface area contributed by atoms with Crippen LogP contribution >= 0.6 is 0 Å². The second kappa shape index (κ2) is 5.37. The lowest BCUT2D eigenvalue weighted by Crippen LogP contribution is -2.29. The molecule has 0 saturated heterocycles. The van der Waals surface area contributed by atoms with E-state index in [0.29, 0.717) is 6.04 Å². The summed E-state index contributed by atoms with van der Waals surface area (Å²) < 4.78 is 7.26. The fourth-order valence-corrected chi connectivity index (χ4v) is 2.00. The zero-order valence-electron chi connectivity index (χ0n) is 11.1. The fraction of sp³-hybridized carbons (Fsp3) is 0.462. The van der Waals surface area contributed by atoms with E-state index in [1.54, 1.807) is 6.26 Å². The van der Waals surface area contributed by atoms with Crippen LogP contribution < -0.4 is 11.3 Å². The number of aromatic nitrogens is 2. The number of aryl methyl sites for hydroxylation is 1. The highest BCUT2D eigenvalue weighted by Gasteiger charge is 2.16. The molecule has 1 unspecified atom stereocenters. The third-order valence-electron chi connectivity index (χ3n) is 3.08. The molecule has 0 spiro atoms. The number of hydrogen-bond donors (Lipinski definition) is 2. The van der Waals surface area contributed by atoms with Crippen molar-refractivity contribution in [2.75, 3.05) is 0 Å². The monoisotopic (exact) mass is 248 g/mol. The van der Waals surface area contributed by atoms with E-state index in [1.807, 2.05) is 29.9 Å². The van der Waals surface area contributed by atoms with Crippen molar-refractivity contribution in [2.24, 2.45) is 5.84 Å². The lowest BCUT2D eigenvalue weighted by molar-refractivity contribution is 0.489. The second-order valence-corrected chi connectivity index (χ2v) is 4.74. The molecule has 2 aromatic heterocycles. The van der Waals surface area contributed by atoms with Gasteiger partial charge >= 0.3 is 0 Å². The Hall–Kier alpha value is -1.59. The maximum atomic E-state index is 5.62. The van der Waals surface area contributed by atoms with Gasteiger partial charge in [0.05, 0.1) is 18.0 Å². The molecule has 0 fully saturated rings. The number of hydrogen-bond acceptors (Lipinski definition) is 4. The molecule has 18 heavy (non-hydrogen) atoms. The zero-order valence-corrected chi connectivity index (χ0v) is 11.1. The van der Waals surface area contributed by atoms with Crippen molar-refractivity contribution >= 4 is 0 Å². The first kappa shape index (κ1) is 12.9. The van der Waals surface area contributed by atoms with Crippen molar-refractivity contribution < 1.29 is 4.42 Å². The fourth-order valence-electron chi connectivity index (χ4n) is 2.00. The van der Waals surface area contributed by atoms with Gasteiger partial charge < -0.3 is 4.42 Å². The molecule has 98 valence electrons. The molecule has 3 N–H and O–H groups in total. The largest absolute Gasteiger partial charge is 0.469 e. The van der Waals surface area contributed by atoms with E-state index in [0.717, 1.165) is 23.4 Å². The van der Waals surface area contributed by atoms with E-state index in [-0.39, 0.29) is 6.04 Å². The first-order valence-electron chi connectivity index (χ1n) is 6.16. The van der Waals surface area contributed by atoms with Crippen LogP contribution in [0.3, 0.4) is 0 Å². The Morgan fingerprint density at radius 3 is 2.72 bits per heavy atom. The Morgan fingerprint density at radius 1 is 1.44 bits per heavy atom. The molecule has 1 atom stereocenters. The molecule has 2 rings (SSSR count). The van der Waals surface area contributed by atoms with Crippen molar-refractivity contribution in [3.05, 3.63) is 41.6 Å². The van der Waals surface area contributed by atoms with E-state index >= 15 is 0 Å². The minimum absolute atomic E-state index is 0.0271. The van der Waals surface area contributed by atoms with Crippen molar-refractivity contribution in [2.45, 2.75) is 39.3 Å². The van der Waals surface area contributed by atoms with Gasteiger partial charge in [0.15, 0.2) is 0 Å². The lowest BCUT2D eigenvalue weighted by Gasteiger charge is -2.13. The van der Waals surface area contributed by atoms with Crippen molar-refractivity contribution in [1.82, 2.24) is 15.2 Å². The highest BCUT2D eigenvalue weighted by atomic mass is 16.3. The van der Waals surface area contributed by atoms with Crippen LogP contribution in [0.25, 0.3) is 0 Å². The Labute approximate surface area is 107 Å². The van der Waals surface area contributed by atoms with Gasteiger partial charge in [0, 0.05) is 24.2 Å². The highest BCUT2D eigenvalue weighted by Crippen LogP contribution is 2.21. The van der Waals surface area contributed by atoms with Gasteiger partial charge in [-0.05, 0) is 32.9 Å². The summed E-state index contributed by atoms with van der Waals surface area (Å²) in [6.45, 7) is 6.15. The van der Waals surface area contributed by atoms with Gasteiger partial charge in [0.1, 0.15) is 5.76 Å². The van der Waals surface area contributed by atoms with E-state index in [4.69, 9.17) is 10.3 Å². The maximum absolute atomic E-state index is 5.62. The minimum Gasteiger partial charge on any atom is -0.469 e. The summed E-state index contributed by atoms with van der Waals surface area (Å²) in [7, 11) is 0. The molecule has 0 aromatic carbocycles. The SMILES string of the molecule is Cc1occc1C(Cc1ccn(C(C)C)n1)NN. The summed E-state index contributed by atoms with van der Waals surface area (Å²) in [5.74, 6) is 6.51. The molecule has 2 aromatic rings. The van der Waals surface area contributed by atoms with Crippen LogP contribution in [0.5, 0.6) is 0 Å². The summed E-state index contributed by atoms with van der Waals surface area (Å²) in [6, 6.07) is 4.37. The first-order chi connectivity index (χ1) is 8.61. The normalized spacial score (nSPS) is 13.2. The molecule has 0 amide bonds. The summed E-state index contributed by atoms with van der Waals surface area (Å²) in [4.78, 5) is 0. The Morgan fingerprint density at radius 2 is 2.22 bits per heavy atom. The van der Waals surface area contributed by atoms with Crippen LogP contribution in [0.15, 0.2) is 29.0 Å². The van der Waals surface area contributed by atoms with Gasteiger partial charge in [0.25, 0.3) is 0 Å². The predicted octanol–water partition coefficient (Wildman–Crippen LogP) is 2.11.